The molecule has 0 N–H and O–H groups in total. The maximum Gasteiger partial charge on any atom is 0.257 e. The lowest BCUT2D eigenvalue weighted by Gasteiger charge is -2.34. The summed E-state index contributed by atoms with van der Waals surface area (Å²) in [7, 11) is 0. The van der Waals surface area contributed by atoms with Crippen LogP contribution in [0.2, 0.25) is 0 Å². The quantitative estimate of drug-likeness (QED) is 0.852. The van der Waals surface area contributed by atoms with E-state index in [1.54, 1.807) is 11.3 Å². The van der Waals surface area contributed by atoms with Crippen LogP contribution in [0.25, 0.3) is 0 Å². The average molecular weight is 291 g/mol. The van der Waals surface area contributed by atoms with Crippen LogP contribution >= 0.6 is 11.3 Å². The monoisotopic (exact) mass is 291 g/mol. The molecule has 0 spiro atoms. The Morgan fingerprint density at radius 3 is 2.60 bits per heavy atom. The first-order chi connectivity index (χ1) is 9.65. The second-order valence-electron chi connectivity index (χ2n) is 4.92. The van der Waals surface area contributed by atoms with Crippen molar-refractivity contribution in [2.45, 2.75) is 13.8 Å². The van der Waals surface area contributed by atoms with Gasteiger partial charge in [-0.2, -0.15) is 0 Å². The molecule has 0 unspecified atom stereocenters. The van der Waals surface area contributed by atoms with Gasteiger partial charge in [-0.25, -0.2) is 4.98 Å². The Morgan fingerprint density at radius 2 is 2.05 bits per heavy atom. The van der Waals surface area contributed by atoms with E-state index < -0.39 is 0 Å². The fourth-order valence-electron chi connectivity index (χ4n) is 2.49. The fourth-order valence-corrected chi connectivity index (χ4v) is 3.18. The number of furan rings is 1. The van der Waals surface area contributed by atoms with Gasteiger partial charge in [-0.1, -0.05) is 0 Å². The highest BCUT2D eigenvalue weighted by atomic mass is 32.1. The molecule has 0 aromatic carbocycles. The van der Waals surface area contributed by atoms with E-state index in [2.05, 4.69) is 9.88 Å². The minimum atomic E-state index is 0.0677. The second kappa shape index (κ2) is 5.28. The zero-order valence-corrected chi connectivity index (χ0v) is 12.4. The van der Waals surface area contributed by atoms with Crippen LogP contribution in [0.4, 0.5) is 5.13 Å². The molecule has 6 heteroatoms. The molecule has 1 amide bonds. The summed E-state index contributed by atoms with van der Waals surface area (Å²) in [5.41, 5.74) is 0.685. The summed E-state index contributed by atoms with van der Waals surface area (Å²) in [6.45, 7) is 6.81. The lowest BCUT2D eigenvalue weighted by atomic mass is 10.2. The van der Waals surface area contributed by atoms with Crippen molar-refractivity contribution in [2.75, 3.05) is 31.1 Å². The predicted molar refractivity (Wildman–Crippen MR) is 78.4 cm³/mol. The lowest BCUT2D eigenvalue weighted by molar-refractivity contribution is 0.0745. The summed E-state index contributed by atoms with van der Waals surface area (Å²) >= 11 is 1.64. The van der Waals surface area contributed by atoms with Crippen molar-refractivity contribution < 1.29 is 9.21 Å². The van der Waals surface area contributed by atoms with Gasteiger partial charge < -0.3 is 14.2 Å². The number of hydrogen-bond donors (Lipinski definition) is 0. The summed E-state index contributed by atoms with van der Waals surface area (Å²) in [4.78, 5) is 20.9. The standard InChI is InChI=1S/C14H17N3O2S/c1-10-9-12(11(2)19-10)13(18)16-4-6-17(7-5-16)14-15-3-8-20-14/h3,8-9H,4-7H2,1-2H3. The van der Waals surface area contributed by atoms with E-state index in [1.165, 1.54) is 0 Å². The number of carbonyl (C=O) groups is 1. The maximum atomic E-state index is 12.5. The number of rotatable bonds is 2. The van der Waals surface area contributed by atoms with Gasteiger partial charge in [-0.05, 0) is 19.9 Å². The molecule has 2 aromatic rings. The topological polar surface area (TPSA) is 49.6 Å². The number of nitrogens with zero attached hydrogens (tertiary/aromatic N) is 3. The average Bonchev–Trinajstić information content (AvgIpc) is 3.08. The summed E-state index contributed by atoms with van der Waals surface area (Å²) in [5, 5.41) is 3.01. The van der Waals surface area contributed by atoms with Crippen molar-refractivity contribution in [1.82, 2.24) is 9.88 Å². The molecule has 1 fully saturated rings. The first-order valence-corrected chi connectivity index (χ1v) is 7.54. The molecule has 3 heterocycles. The summed E-state index contributed by atoms with van der Waals surface area (Å²) < 4.78 is 5.44. The van der Waals surface area contributed by atoms with Crippen LogP contribution in [-0.4, -0.2) is 42.0 Å². The number of aromatic nitrogens is 1. The highest BCUT2D eigenvalue weighted by Gasteiger charge is 2.25. The van der Waals surface area contributed by atoms with E-state index >= 15 is 0 Å². The zero-order valence-electron chi connectivity index (χ0n) is 11.6. The Labute approximate surface area is 121 Å². The molecule has 0 bridgehead atoms. The van der Waals surface area contributed by atoms with E-state index in [-0.39, 0.29) is 5.91 Å². The van der Waals surface area contributed by atoms with Crippen LogP contribution in [-0.2, 0) is 0 Å². The maximum absolute atomic E-state index is 12.5. The number of anilines is 1. The van der Waals surface area contributed by atoms with Gasteiger partial charge in [0.15, 0.2) is 5.13 Å². The van der Waals surface area contributed by atoms with Gasteiger partial charge in [0.05, 0.1) is 5.56 Å². The molecule has 1 saturated heterocycles. The molecule has 0 aliphatic carbocycles. The molecule has 2 aromatic heterocycles. The van der Waals surface area contributed by atoms with Crippen molar-refractivity contribution in [3.63, 3.8) is 0 Å². The number of thiazole rings is 1. The Balaban J connectivity index is 1.66. The Morgan fingerprint density at radius 1 is 1.30 bits per heavy atom. The zero-order chi connectivity index (χ0) is 14.1. The van der Waals surface area contributed by atoms with Crippen molar-refractivity contribution >= 4 is 22.4 Å². The van der Waals surface area contributed by atoms with Crippen LogP contribution in [0, 0.1) is 13.8 Å². The second-order valence-corrected chi connectivity index (χ2v) is 5.79. The molecule has 1 aliphatic rings. The first kappa shape index (κ1) is 13.2. The number of piperazine rings is 1. The third-order valence-corrected chi connectivity index (χ3v) is 4.36. The van der Waals surface area contributed by atoms with Crippen LogP contribution in [0.1, 0.15) is 21.9 Å². The van der Waals surface area contributed by atoms with Gasteiger partial charge in [0.1, 0.15) is 11.5 Å². The van der Waals surface area contributed by atoms with Gasteiger partial charge in [-0.3, -0.25) is 4.79 Å². The van der Waals surface area contributed by atoms with E-state index in [9.17, 15) is 4.79 Å². The Bertz CT molecular complexity index is 598. The molecular formula is C14H17N3O2S. The molecule has 0 atom stereocenters. The number of carbonyl (C=O) groups excluding carboxylic acids is 1. The Hall–Kier alpha value is -1.82. The van der Waals surface area contributed by atoms with Crippen molar-refractivity contribution in [3.05, 3.63) is 34.7 Å². The van der Waals surface area contributed by atoms with Gasteiger partial charge in [-0.15, -0.1) is 11.3 Å². The van der Waals surface area contributed by atoms with E-state index in [0.717, 1.165) is 37.1 Å². The van der Waals surface area contributed by atoms with Gasteiger partial charge in [0.2, 0.25) is 0 Å². The number of hydrogen-bond acceptors (Lipinski definition) is 5. The third kappa shape index (κ3) is 2.43. The minimum Gasteiger partial charge on any atom is -0.466 e. The molecule has 3 rings (SSSR count). The lowest BCUT2D eigenvalue weighted by Crippen LogP contribution is -2.48. The highest BCUT2D eigenvalue weighted by molar-refractivity contribution is 7.13. The molecule has 20 heavy (non-hydrogen) atoms. The highest BCUT2D eigenvalue weighted by Crippen LogP contribution is 2.21. The molecule has 5 nitrogen and oxygen atoms in total. The number of amides is 1. The molecular weight excluding hydrogens is 274 g/mol. The molecule has 1 aliphatic heterocycles. The molecule has 106 valence electrons. The van der Waals surface area contributed by atoms with Crippen LogP contribution in [0.5, 0.6) is 0 Å². The van der Waals surface area contributed by atoms with Gasteiger partial charge in [0, 0.05) is 37.8 Å². The van der Waals surface area contributed by atoms with E-state index in [4.69, 9.17) is 4.42 Å². The van der Waals surface area contributed by atoms with Crippen LogP contribution in [0.3, 0.4) is 0 Å². The van der Waals surface area contributed by atoms with Gasteiger partial charge in [0.25, 0.3) is 5.91 Å². The van der Waals surface area contributed by atoms with Crippen molar-refractivity contribution in [1.29, 1.82) is 0 Å². The molecule has 0 saturated carbocycles. The fraction of sp³-hybridized carbons (Fsp3) is 0.429. The third-order valence-electron chi connectivity index (χ3n) is 3.53. The van der Waals surface area contributed by atoms with E-state index in [1.807, 2.05) is 36.4 Å². The largest absolute Gasteiger partial charge is 0.466 e. The minimum absolute atomic E-state index is 0.0677. The van der Waals surface area contributed by atoms with Crippen LogP contribution < -0.4 is 4.90 Å². The summed E-state index contributed by atoms with van der Waals surface area (Å²) in [5.74, 6) is 1.56. The summed E-state index contributed by atoms with van der Waals surface area (Å²) in [6, 6.07) is 1.82. The Kier molecular flexibility index (Phi) is 3.48. The SMILES string of the molecule is Cc1cc(C(=O)N2CCN(c3nccs3)CC2)c(C)o1. The first-order valence-electron chi connectivity index (χ1n) is 6.66. The summed E-state index contributed by atoms with van der Waals surface area (Å²) in [6.07, 6.45) is 1.81. The van der Waals surface area contributed by atoms with Crippen LogP contribution in [0.15, 0.2) is 22.1 Å². The molecule has 0 radical (unpaired) electrons. The van der Waals surface area contributed by atoms with E-state index in [0.29, 0.717) is 11.3 Å². The smallest absolute Gasteiger partial charge is 0.257 e. The normalized spacial score (nSPS) is 15.7. The predicted octanol–water partition coefficient (Wildman–Crippen LogP) is 2.32. The van der Waals surface area contributed by atoms with Crippen molar-refractivity contribution in [2.24, 2.45) is 0 Å². The van der Waals surface area contributed by atoms with Gasteiger partial charge >= 0.3 is 0 Å². The number of aryl methyl sites for hydroxylation is 2. The van der Waals surface area contributed by atoms with Crippen molar-refractivity contribution in [3.8, 4) is 0 Å².